The van der Waals surface area contributed by atoms with Crippen LogP contribution in [0.25, 0.3) is 10.9 Å². The molecule has 0 saturated carbocycles. The van der Waals surface area contributed by atoms with Gasteiger partial charge in [-0.3, -0.25) is 4.98 Å². The van der Waals surface area contributed by atoms with Crippen LogP contribution >= 0.6 is 0 Å². The Bertz CT molecular complexity index is 449. The number of nitrogens with zero attached hydrogens (tertiary/aromatic N) is 1. The molecule has 1 aromatic carbocycles. The maximum atomic E-state index is 5.52. The van der Waals surface area contributed by atoms with Crippen LogP contribution in [0.4, 0.5) is 0 Å². The second-order valence-corrected chi connectivity index (χ2v) is 3.58. The van der Waals surface area contributed by atoms with E-state index in [0.29, 0.717) is 6.54 Å². The van der Waals surface area contributed by atoms with Gasteiger partial charge in [-0.05, 0) is 49.2 Å². The van der Waals surface area contributed by atoms with Crippen molar-refractivity contribution in [3.05, 3.63) is 41.6 Å². The van der Waals surface area contributed by atoms with Gasteiger partial charge >= 0.3 is 0 Å². The third-order valence-corrected chi connectivity index (χ3v) is 2.32. The van der Waals surface area contributed by atoms with Crippen molar-refractivity contribution < 1.29 is 0 Å². The summed E-state index contributed by atoms with van der Waals surface area (Å²) in [7, 11) is 0. The van der Waals surface area contributed by atoms with Gasteiger partial charge in [0.1, 0.15) is 0 Å². The van der Waals surface area contributed by atoms with Gasteiger partial charge in [-0.2, -0.15) is 0 Å². The summed E-state index contributed by atoms with van der Waals surface area (Å²) in [6.07, 6.45) is 2.83. The number of fused-ring (bicyclic) bond motifs is 1. The summed E-state index contributed by atoms with van der Waals surface area (Å²) in [4.78, 5) is 4.35. The molecule has 0 bridgehead atoms. The van der Waals surface area contributed by atoms with Crippen molar-refractivity contribution in [3.8, 4) is 0 Å². The van der Waals surface area contributed by atoms with Crippen LogP contribution in [0.5, 0.6) is 0 Å². The standard InChI is InChI=1S/C12H14N2/c1-9-6-11-7-10(4-5-13)2-3-12(11)14-8-9/h2-3,6-8H,4-5,13H2,1H3. The molecular weight excluding hydrogens is 172 g/mol. The molecule has 0 fully saturated rings. The van der Waals surface area contributed by atoms with E-state index in [1.54, 1.807) is 0 Å². The summed E-state index contributed by atoms with van der Waals surface area (Å²) in [6, 6.07) is 8.47. The Morgan fingerprint density at radius 3 is 2.93 bits per heavy atom. The van der Waals surface area contributed by atoms with Crippen molar-refractivity contribution in [1.82, 2.24) is 4.98 Å². The molecule has 2 N–H and O–H groups in total. The van der Waals surface area contributed by atoms with Crippen molar-refractivity contribution in [1.29, 1.82) is 0 Å². The Morgan fingerprint density at radius 1 is 1.29 bits per heavy atom. The molecule has 0 aliphatic carbocycles. The summed E-state index contributed by atoms with van der Waals surface area (Å²) in [5.74, 6) is 0. The molecule has 0 amide bonds. The first kappa shape index (κ1) is 9.16. The van der Waals surface area contributed by atoms with Crippen LogP contribution in [-0.4, -0.2) is 11.5 Å². The molecule has 1 heterocycles. The van der Waals surface area contributed by atoms with Gasteiger partial charge in [0.25, 0.3) is 0 Å². The minimum absolute atomic E-state index is 0.699. The van der Waals surface area contributed by atoms with E-state index in [9.17, 15) is 0 Å². The second-order valence-electron chi connectivity index (χ2n) is 3.58. The highest BCUT2D eigenvalue weighted by molar-refractivity contribution is 5.79. The number of aromatic nitrogens is 1. The molecule has 2 heteroatoms. The fourth-order valence-corrected chi connectivity index (χ4v) is 1.61. The van der Waals surface area contributed by atoms with Crippen LogP contribution in [0.2, 0.25) is 0 Å². The van der Waals surface area contributed by atoms with Gasteiger partial charge in [0.15, 0.2) is 0 Å². The van der Waals surface area contributed by atoms with Crippen LogP contribution in [0, 0.1) is 6.92 Å². The highest BCUT2D eigenvalue weighted by Crippen LogP contribution is 2.15. The molecule has 0 radical (unpaired) electrons. The van der Waals surface area contributed by atoms with E-state index in [-0.39, 0.29) is 0 Å². The van der Waals surface area contributed by atoms with Gasteiger partial charge in [0.05, 0.1) is 5.52 Å². The highest BCUT2D eigenvalue weighted by atomic mass is 14.6. The Labute approximate surface area is 83.8 Å². The smallest absolute Gasteiger partial charge is 0.0702 e. The molecule has 0 aliphatic rings. The molecule has 0 unspecified atom stereocenters. The molecule has 0 atom stereocenters. The average Bonchev–Trinajstić information content (AvgIpc) is 2.17. The van der Waals surface area contributed by atoms with Crippen molar-refractivity contribution in [2.75, 3.05) is 6.54 Å². The van der Waals surface area contributed by atoms with E-state index < -0.39 is 0 Å². The maximum Gasteiger partial charge on any atom is 0.0702 e. The van der Waals surface area contributed by atoms with Crippen molar-refractivity contribution in [3.63, 3.8) is 0 Å². The molecule has 2 aromatic rings. The van der Waals surface area contributed by atoms with Crippen molar-refractivity contribution in [2.24, 2.45) is 5.73 Å². The van der Waals surface area contributed by atoms with Crippen molar-refractivity contribution in [2.45, 2.75) is 13.3 Å². The van der Waals surface area contributed by atoms with Gasteiger partial charge in [-0.1, -0.05) is 6.07 Å². The molecule has 0 aliphatic heterocycles. The van der Waals surface area contributed by atoms with Gasteiger partial charge in [0, 0.05) is 11.6 Å². The van der Waals surface area contributed by atoms with E-state index in [2.05, 4.69) is 36.2 Å². The molecule has 14 heavy (non-hydrogen) atoms. The maximum absolute atomic E-state index is 5.52. The Balaban J connectivity index is 2.52. The molecular formula is C12H14N2. The molecule has 0 spiro atoms. The van der Waals surface area contributed by atoms with Crippen LogP contribution in [0.1, 0.15) is 11.1 Å². The predicted molar refractivity (Wildman–Crippen MR) is 59.2 cm³/mol. The highest BCUT2D eigenvalue weighted by Gasteiger charge is 1.97. The predicted octanol–water partition coefficient (Wildman–Crippen LogP) is 2.04. The number of rotatable bonds is 2. The first-order valence-electron chi connectivity index (χ1n) is 4.85. The SMILES string of the molecule is Cc1cnc2ccc(CCN)cc2c1. The van der Waals surface area contributed by atoms with Crippen LogP contribution in [0.3, 0.4) is 0 Å². The van der Waals surface area contributed by atoms with E-state index >= 15 is 0 Å². The van der Waals surface area contributed by atoms with E-state index in [0.717, 1.165) is 11.9 Å². The van der Waals surface area contributed by atoms with Gasteiger partial charge in [0.2, 0.25) is 0 Å². The summed E-state index contributed by atoms with van der Waals surface area (Å²) >= 11 is 0. The largest absolute Gasteiger partial charge is 0.330 e. The summed E-state index contributed by atoms with van der Waals surface area (Å²) in [5.41, 5.74) is 9.05. The lowest BCUT2D eigenvalue weighted by molar-refractivity contribution is 0.970. The zero-order chi connectivity index (χ0) is 9.97. The van der Waals surface area contributed by atoms with Crippen molar-refractivity contribution >= 4 is 10.9 Å². The minimum Gasteiger partial charge on any atom is -0.330 e. The number of pyridine rings is 1. The lowest BCUT2D eigenvalue weighted by Crippen LogP contribution is -2.02. The van der Waals surface area contributed by atoms with Gasteiger partial charge in [-0.15, -0.1) is 0 Å². The summed E-state index contributed by atoms with van der Waals surface area (Å²) in [5, 5.41) is 1.20. The quantitative estimate of drug-likeness (QED) is 0.779. The van der Waals surface area contributed by atoms with E-state index in [4.69, 9.17) is 5.73 Å². The monoisotopic (exact) mass is 186 g/mol. The first-order chi connectivity index (χ1) is 6.79. The number of hydrogen-bond acceptors (Lipinski definition) is 2. The third kappa shape index (κ3) is 1.75. The lowest BCUT2D eigenvalue weighted by Gasteiger charge is -2.02. The first-order valence-corrected chi connectivity index (χ1v) is 4.85. The van der Waals surface area contributed by atoms with Gasteiger partial charge in [-0.25, -0.2) is 0 Å². The number of hydrogen-bond donors (Lipinski definition) is 1. The normalized spacial score (nSPS) is 10.7. The molecule has 0 saturated heterocycles. The molecule has 2 rings (SSSR count). The number of benzene rings is 1. The fourth-order valence-electron chi connectivity index (χ4n) is 1.61. The fraction of sp³-hybridized carbons (Fsp3) is 0.250. The summed E-state index contributed by atoms with van der Waals surface area (Å²) in [6.45, 7) is 2.76. The van der Waals surface area contributed by atoms with Crippen LogP contribution in [-0.2, 0) is 6.42 Å². The average molecular weight is 186 g/mol. The Morgan fingerprint density at radius 2 is 2.14 bits per heavy atom. The zero-order valence-corrected chi connectivity index (χ0v) is 8.33. The van der Waals surface area contributed by atoms with E-state index in [1.807, 2.05) is 6.20 Å². The topological polar surface area (TPSA) is 38.9 Å². The third-order valence-electron chi connectivity index (χ3n) is 2.32. The van der Waals surface area contributed by atoms with Gasteiger partial charge < -0.3 is 5.73 Å². The summed E-state index contributed by atoms with van der Waals surface area (Å²) < 4.78 is 0. The number of aryl methyl sites for hydroxylation is 1. The Kier molecular flexibility index (Phi) is 2.46. The Hall–Kier alpha value is -1.41. The van der Waals surface area contributed by atoms with Crippen LogP contribution < -0.4 is 5.73 Å². The molecule has 72 valence electrons. The minimum atomic E-state index is 0.699. The second kappa shape index (κ2) is 3.76. The zero-order valence-electron chi connectivity index (χ0n) is 8.33. The molecule has 2 nitrogen and oxygen atoms in total. The van der Waals surface area contributed by atoms with Crippen LogP contribution in [0.15, 0.2) is 30.5 Å². The molecule has 1 aromatic heterocycles. The lowest BCUT2D eigenvalue weighted by atomic mass is 10.1. The number of nitrogens with two attached hydrogens (primary N) is 1. The van der Waals surface area contributed by atoms with E-state index in [1.165, 1.54) is 16.5 Å².